The first-order chi connectivity index (χ1) is 12.6. The number of ketones is 1. The van der Waals surface area contributed by atoms with Gasteiger partial charge in [0, 0.05) is 44.7 Å². The van der Waals surface area contributed by atoms with Crippen LogP contribution in [0.15, 0.2) is 24.3 Å². The van der Waals surface area contributed by atoms with Crippen LogP contribution in [0.5, 0.6) is 5.75 Å². The minimum Gasteiger partial charge on any atom is -0.489 e. The van der Waals surface area contributed by atoms with Gasteiger partial charge in [-0.1, -0.05) is 25.1 Å². The first kappa shape index (κ1) is 18.7. The maximum absolute atomic E-state index is 12.9. The number of ether oxygens (including phenoxy) is 2. The van der Waals surface area contributed by atoms with Gasteiger partial charge in [0.1, 0.15) is 17.6 Å². The second-order valence-corrected chi connectivity index (χ2v) is 6.82. The highest BCUT2D eigenvalue weighted by Gasteiger charge is 2.37. The molecule has 1 amide bonds. The predicted molar refractivity (Wildman–Crippen MR) is 98.5 cm³/mol. The zero-order valence-corrected chi connectivity index (χ0v) is 15.6. The molecule has 6 heteroatoms. The number of carbonyl (C=O) groups excluding carboxylic acids is 2. The Balaban J connectivity index is 1.51. The Kier molecular flexibility index (Phi) is 6.14. The first-order valence-electron chi connectivity index (χ1n) is 9.56. The van der Waals surface area contributed by atoms with E-state index in [4.69, 9.17) is 9.47 Å². The molecule has 1 aromatic carbocycles. The molecule has 2 atom stereocenters. The predicted octanol–water partition coefficient (Wildman–Crippen LogP) is 2.67. The fourth-order valence-electron chi connectivity index (χ4n) is 3.77. The molecule has 2 heterocycles. The van der Waals surface area contributed by atoms with Gasteiger partial charge in [-0.05, 0) is 19.4 Å². The van der Waals surface area contributed by atoms with Gasteiger partial charge in [0.2, 0.25) is 0 Å². The third-order valence-electron chi connectivity index (χ3n) is 5.23. The minimum absolute atomic E-state index is 0.0550. The molecule has 0 N–H and O–H groups in total. The van der Waals surface area contributed by atoms with Gasteiger partial charge in [-0.25, -0.2) is 4.79 Å². The highest BCUT2D eigenvalue weighted by Crippen LogP contribution is 2.40. The average molecular weight is 360 g/mol. The highest BCUT2D eigenvalue weighted by molar-refractivity contribution is 5.88. The van der Waals surface area contributed by atoms with Crippen LogP contribution in [-0.4, -0.2) is 67.1 Å². The highest BCUT2D eigenvalue weighted by atomic mass is 16.6. The smallest absolute Gasteiger partial charge is 0.409 e. The van der Waals surface area contributed by atoms with Gasteiger partial charge in [-0.3, -0.25) is 9.69 Å². The molecule has 0 bridgehead atoms. The van der Waals surface area contributed by atoms with Gasteiger partial charge >= 0.3 is 6.09 Å². The second kappa shape index (κ2) is 8.54. The summed E-state index contributed by atoms with van der Waals surface area (Å²) in [4.78, 5) is 28.6. The monoisotopic (exact) mass is 360 g/mol. The molecule has 2 aliphatic rings. The molecule has 1 aromatic rings. The maximum atomic E-state index is 12.9. The molecule has 2 aliphatic heterocycles. The molecule has 6 nitrogen and oxygen atoms in total. The Morgan fingerprint density at radius 2 is 1.88 bits per heavy atom. The standard InChI is InChI=1S/C20H28N2O4/c1-3-17-19(15-7-5-6-8-18(15)26-17)16(23)9-10-21-11-13-22(14-12-21)20(24)25-4-2/h5-8,17,19H,3-4,9-14H2,1-2H3. The summed E-state index contributed by atoms with van der Waals surface area (Å²) in [6.07, 6.45) is 1.04. The van der Waals surface area contributed by atoms with Crippen LogP contribution in [0.1, 0.15) is 38.2 Å². The van der Waals surface area contributed by atoms with Crippen LogP contribution in [0.25, 0.3) is 0 Å². The molecule has 2 unspecified atom stereocenters. The summed E-state index contributed by atoms with van der Waals surface area (Å²) in [6.45, 7) is 7.86. The van der Waals surface area contributed by atoms with E-state index in [9.17, 15) is 9.59 Å². The Morgan fingerprint density at radius 3 is 2.58 bits per heavy atom. The fraction of sp³-hybridized carbons (Fsp3) is 0.600. The van der Waals surface area contributed by atoms with Crippen molar-refractivity contribution in [1.82, 2.24) is 9.80 Å². The largest absolute Gasteiger partial charge is 0.489 e. The van der Waals surface area contributed by atoms with Crippen LogP contribution in [-0.2, 0) is 9.53 Å². The number of Topliss-reactive ketones (excluding diaryl/α,β-unsaturated/α-hetero) is 1. The SMILES string of the molecule is CCOC(=O)N1CCN(CCC(=O)C2c3ccccc3OC2CC)CC1. The van der Waals surface area contributed by atoms with Crippen LogP contribution in [0.2, 0.25) is 0 Å². The molecule has 1 fully saturated rings. The number of rotatable bonds is 6. The third-order valence-corrected chi connectivity index (χ3v) is 5.23. The molecule has 1 saturated heterocycles. The van der Waals surface area contributed by atoms with Crippen molar-refractivity contribution in [2.75, 3.05) is 39.3 Å². The first-order valence-corrected chi connectivity index (χ1v) is 9.56. The number of benzene rings is 1. The van der Waals surface area contributed by atoms with Crippen molar-refractivity contribution in [3.8, 4) is 5.75 Å². The Labute approximate surface area is 155 Å². The maximum Gasteiger partial charge on any atom is 0.409 e. The lowest BCUT2D eigenvalue weighted by Gasteiger charge is -2.34. The van der Waals surface area contributed by atoms with Crippen LogP contribution in [0, 0.1) is 0 Å². The minimum atomic E-state index is -0.242. The molecular weight excluding hydrogens is 332 g/mol. The van der Waals surface area contributed by atoms with E-state index >= 15 is 0 Å². The van der Waals surface area contributed by atoms with E-state index in [0.29, 0.717) is 26.1 Å². The van der Waals surface area contributed by atoms with Gasteiger partial charge in [-0.15, -0.1) is 0 Å². The molecule has 142 valence electrons. The molecule has 0 aromatic heterocycles. The van der Waals surface area contributed by atoms with Crippen molar-refractivity contribution in [2.24, 2.45) is 0 Å². The van der Waals surface area contributed by atoms with Gasteiger partial charge in [-0.2, -0.15) is 0 Å². The van der Waals surface area contributed by atoms with Crippen LogP contribution in [0.4, 0.5) is 4.79 Å². The molecule has 0 aliphatic carbocycles. The zero-order valence-electron chi connectivity index (χ0n) is 15.6. The van der Waals surface area contributed by atoms with Crippen LogP contribution < -0.4 is 4.74 Å². The molecule has 26 heavy (non-hydrogen) atoms. The summed E-state index contributed by atoms with van der Waals surface area (Å²) >= 11 is 0. The lowest BCUT2D eigenvalue weighted by Crippen LogP contribution is -2.49. The van der Waals surface area contributed by atoms with Gasteiger partial charge < -0.3 is 14.4 Å². The molecule has 3 rings (SSSR count). The van der Waals surface area contributed by atoms with E-state index in [1.165, 1.54) is 0 Å². The number of amides is 1. The summed E-state index contributed by atoms with van der Waals surface area (Å²) in [5.74, 6) is 0.937. The van der Waals surface area contributed by atoms with Gasteiger partial charge in [0.25, 0.3) is 0 Å². The molecular formula is C20H28N2O4. The van der Waals surface area contributed by atoms with Crippen molar-refractivity contribution < 1.29 is 19.1 Å². The van der Waals surface area contributed by atoms with E-state index in [2.05, 4.69) is 11.8 Å². The number of piperazine rings is 1. The van der Waals surface area contributed by atoms with E-state index < -0.39 is 0 Å². The van der Waals surface area contributed by atoms with Gasteiger partial charge in [0.05, 0.1) is 12.5 Å². The molecule has 0 radical (unpaired) electrons. The summed E-state index contributed by atoms with van der Waals surface area (Å²) in [7, 11) is 0. The number of carbonyl (C=O) groups is 2. The van der Waals surface area contributed by atoms with E-state index in [1.807, 2.05) is 31.2 Å². The normalized spacial score (nSPS) is 22.6. The quantitative estimate of drug-likeness (QED) is 0.781. The van der Waals surface area contributed by atoms with Crippen LogP contribution in [0.3, 0.4) is 0 Å². The summed E-state index contributed by atoms with van der Waals surface area (Å²) in [5.41, 5.74) is 1.02. The van der Waals surface area contributed by atoms with Crippen molar-refractivity contribution in [3.63, 3.8) is 0 Å². The Morgan fingerprint density at radius 1 is 1.15 bits per heavy atom. The molecule has 0 saturated carbocycles. The van der Waals surface area contributed by atoms with Crippen molar-refractivity contribution >= 4 is 11.9 Å². The van der Waals surface area contributed by atoms with E-state index in [1.54, 1.807) is 4.90 Å². The van der Waals surface area contributed by atoms with Gasteiger partial charge in [0.15, 0.2) is 0 Å². The summed E-state index contributed by atoms with van der Waals surface area (Å²) in [6, 6.07) is 7.86. The topological polar surface area (TPSA) is 59.1 Å². The van der Waals surface area contributed by atoms with Crippen LogP contribution >= 0.6 is 0 Å². The number of para-hydroxylation sites is 1. The van der Waals surface area contributed by atoms with E-state index in [0.717, 1.165) is 37.4 Å². The zero-order chi connectivity index (χ0) is 18.5. The third kappa shape index (κ3) is 4.01. The average Bonchev–Trinajstić information content (AvgIpc) is 3.05. The van der Waals surface area contributed by atoms with Crippen molar-refractivity contribution in [1.29, 1.82) is 0 Å². The Hall–Kier alpha value is -2.08. The number of nitrogens with zero attached hydrogens (tertiary/aromatic N) is 2. The Bertz CT molecular complexity index is 640. The summed E-state index contributed by atoms with van der Waals surface area (Å²) < 4.78 is 11.0. The summed E-state index contributed by atoms with van der Waals surface area (Å²) in [5, 5.41) is 0. The number of hydrogen-bond donors (Lipinski definition) is 0. The number of hydrogen-bond acceptors (Lipinski definition) is 5. The van der Waals surface area contributed by atoms with Crippen molar-refractivity contribution in [2.45, 2.75) is 38.7 Å². The lowest BCUT2D eigenvalue weighted by molar-refractivity contribution is -0.122. The lowest BCUT2D eigenvalue weighted by atomic mass is 9.88. The fourth-order valence-corrected chi connectivity index (χ4v) is 3.77. The molecule has 0 spiro atoms. The number of fused-ring (bicyclic) bond motifs is 1. The van der Waals surface area contributed by atoms with E-state index in [-0.39, 0.29) is 23.9 Å². The van der Waals surface area contributed by atoms with Crippen molar-refractivity contribution in [3.05, 3.63) is 29.8 Å². The second-order valence-electron chi connectivity index (χ2n) is 6.82.